The van der Waals surface area contributed by atoms with Gasteiger partial charge in [-0.3, -0.25) is 9.78 Å². The molecule has 5 heteroatoms. The van der Waals surface area contributed by atoms with Gasteiger partial charge in [-0.25, -0.2) is 0 Å². The number of hydrogen-bond acceptors (Lipinski definition) is 4. The maximum Gasteiger partial charge on any atom is 0.311 e. The molecule has 102 valence electrons. The van der Waals surface area contributed by atoms with Crippen LogP contribution in [0.4, 0.5) is 0 Å². The highest BCUT2D eigenvalue weighted by molar-refractivity contribution is 5.77. The molecule has 0 bridgehead atoms. The number of fused-ring (bicyclic) bond motifs is 1. The van der Waals surface area contributed by atoms with Crippen molar-refractivity contribution >= 4 is 5.97 Å². The molecular formula is C15H13NO4. The zero-order valence-corrected chi connectivity index (χ0v) is 10.7. The van der Waals surface area contributed by atoms with E-state index in [4.69, 9.17) is 9.47 Å². The lowest BCUT2D eigenvalue weighted by atomic mass is 9.92. The van der Waals surface area contributed by atoms with Crippen LogP contribution >= 0.6 is 0 Å². The summed E-state index contributed by atoms with van der Waals surface area (Å²) in [5.74, 6) is -0.249. The lowest BCUT2D eigenvalue weighted by molar-refractivity contribution is -0.138. The van der Waals surface area contributed by atoms with Crippen LogP contribution in [0, 0.1) is 0 Å². The molecule has 3 rings (SSSR count). The Bertz CT molecular complexity index is 627. The summed E-state index contributed by atoms with van der Waals surface area (Å²) in [5.41, 5.74) is 1.59. The number of pyridine rings is 1. The molecular weight excluding hydrogens is 258 g/mol. The van der Waals surface area contributed by atoms with Gasteiger partial charge in [0.05, 0.1) is 5.92 Å². The van der Waals surface area contributed by atoms with Gasteiger partial charge in [0, 0.05) is 12.4 Å². The molecule has 2 aromatic rings. The fourth-order valence-corrected chi connectivity index (χ4v) is 2.23. The van der Waals surface area contributed by atoms with Crippen LogP contribution in [0.2, 0.25) is 0 Å². The number of aliphatic carboxylic acids is 1. The summed E-state index contributed by atoms with van der Waals surface area (Å²) >= 11 is 0. The molecule has 1 aromatic carbocycles. The van der Waals surface area contributed by atoms with Crippen molar-refractivity contribution in [2.45, 2.75) is 12.3 Å². The predicted octanol–water partition coefficient (Wildman–Crippen LogP) is 2.22. The maximum atomic E-state index is 11.5. The van der Waals surface area contributed by atoms with Gasteiger partial charge >= 0.3 is 5.97 Å². The van der Waals surface area contributed by atoms with Crippen LogP contribution in [-0.2, 0) is 11.2 Å². The van der Waals surface area contributed by atoms with Gasteiger partial charge in [0.2, 0.25) is 6.79 Å². The first-order valence-corrected chi connectivity index (χ1v) is 6.25. The summed E-state index contributed by atoms with van der Waals surface area (Å²) in [5, 5.41) is 9.44. The minimum Gasteiger partial charge on any atom is -0.481 e. The van der Waals surface area contributed by atoms with E-state index in [-0.39, 0.29) is 6.79 Å². The minimum absolute atomic E-state index is 0.180. The first kappa shape index (κ1) is 12.5. The first-order valence-electron chi connectivity index (χ1n) is 6.25. The van der Waals surface area contributed by atoms with Crippen LogP contribution in [0.1, 0.15) is 17.0 Å². The highest BCUT2D eigenvalue weighted by Gasteiger charge is 2.23. The van der Waals surface area contributed by atoms with Crippen LogP contribution in [0.25, 0.3) is 0 Å². The van der Waals surface area contributed by atoms with Gasteiger partial charge in [0.15, 0.2) is 11.5 Å². The largest absolute Gasteiger partial charge is 0.481 e. The minimum atomic E-state index is -0.868. The number of benzene rings is 1. The molecule has 0 amide bonds. The molecule has 1 unspecified atom stereocenters. The highest BCUT2D eigenvalue weighted by Crippen LogP contribution is 2.35. The zero-order chi connectivity index (χ0) is 13.9. The van der Waals surface area contributed by atoms with Crippen molar-refractivity contribution < 1.29 is 19.4 Å². The molecule has 5 nitrogen and oxygen atoms in total. The average Bonchev–Trinajstić information content (AvgIpc) is 2.93. The zero-order valence-electron chi connectivity index (χ0n) is 10.7. The molecule has 0 spiro atoms. The van der Waals surface area contributed by atoms with Gasteiger partial charge in [-0.2, -0.15) is 0 Å². The van der Waals surface area contributed by atoms with E-state index in [2.05, 4.69) is 4.98 Å². The van der Waals surface area contributed by atoms with Gasteiger partial charge in [-0.15, -0.1) is 0 Å². The first-order chi connectivity index (χ1) is 9.74. The lowest BCUT2D eigenvalue weighted by Crippen LogP contribution is -2.14. The Morgan fingerprint density at radius 2 is 2.15 bits per heavy atom. The summed E-state index contributed by atoms with van der Waals surface area (Å²) in [6.45, 7) is 0.180. The van der Waals surface area contributed by atoms with E-state index < -0.39 is 11.9 Å². The summed E-state index contributed by atoms with van der Waals surface area (Å²) in [6.07, 6.45) is 3.74. The van der Waals surface area contributed by atoms with Crippen molar-refractivity contribution in [2.24, 2.45) is 0 Å². The van der Waals surface area contributed by atoms with E-state index in [0.717, 1.165) is 5.56 Å². The van der Waals surface area contributed by atoms with Crippen molar-refractivity contribution in [1.29, 1.82) is 0 Å². The number of carbonyl (C=O) groups is 1. The molecule has 1 N–H and O–H groups in total. The van der Waals surface area contributed by atoms with Gasteiger partial charge in [0.1, 0.15) is 0 Å². The average molecular weight is 271 g/mol. The Balaban J connectivity index is 1.89. The topological polar surface area (TPSA) is 68.7 Å². The Morgan fingerprint density at radius 1 is 1.30 bits per heavy atom. The normalized spacial score (nSPS) is 14.0. The quantitative estimate of drug-likeness (QED) is 0.923. The van der Waals surface area contributed by atoms with Crippen LogP contribution in [0.15, 0.2) is 42.7 Å². The Morgan fingerprint density at radius 3 is 2.90 bits per heavy atom. The number of carboxylic acid groups (broad SMARTS) is 1. The maximum absolute atomic E-state index is 11.5. The summed E-state index contributed by atoms with van der Waals surface area (Å²) < 4.78 is 10.5. The molecule has 0 saturated heterocycles. The fraction of sp³-hybridized carbons (Fsp3) is 0.200. The number of carboxylic acids is 1. The Labute approximate surface area is 115 Å². The molecule has 1 atom stereocenters. The lowest BCUT2D eigenvalue weighted by Gasteiger charge is -2.13. The smallest absolute Gasteiger partial charge is 0.311 e. The van der Waals surface area contributed by atoms with E-state index in [1.807, 2.05) is 6.07 Å². The molecule has 0 fully saturated rings. The second kappa shape index (κ2) is 5.21. The van der Waals surface area contributed by atoms with Gasteiger partial charge in [-0.1, -0.05) is 12.1 Å². The van der Waals surface area contributed by atoms with Crippen LogP contribution in [0.3, 0.4) is 0 Å². The predicted molar refractivity (Wildman–Crippen MR) is 70.9 cm³/mol. The fourth-order valence-electron chi connectivity index (χ4n) is 2.23. The van der Waals surface area contributed by atoms with Crippen molar-refractivity contribution in [3.8, 4) is 11.5 Å². The van der Waals surface area contributed by atoms with E-state index >= 15 is 0 Å². The molecule has 0 saturated carbocycles. The number of ether oxygens (including phenoxy) is 2. The molecule has 1 aliphatic heterocycles. The van der Waals surface area contributed by atoms with Gasteiger partial charge < -0.3 is 14.6 Å². The second-order valence-corrected chi connectivity index (χ2v) is 4.57. The number of rotatable bonds is 4. The SMILES string of the molecule is O=C(O)C(Cc1cccnc1)c1ccc2c(c1)OCO2. The second-order valence-electron chi connectivity index (χ2n) is 4.57. The summed E-state index contributed by atoms with van der Waals surface area (Å²) in [4.78, 5) is 15.5. The molecule has 20 heavy (non-hydrogen) atoms. The number of nitrogens with zero attached hydrogens (tertiary/aromatic N) is 1. The molecule has 1 aromatic heterocycles. The Kier molecular flexibility index (Phi) is 3.25. The van der Waals surface area contributed by atoms with Crippen LogP contribution < -0.4 is 9.47 Å². The van der Waals surface area contributed by atoms with Crippen molar-refractivity contribution in [3.63, 3.8) is 0 Å². The third-order valence-corrected chi connectivity index (χ3v) is 3.26. The third kappa shape index (κ3) is 2.42. The standard InChI is InChI=1S/C15H13NO4/c17-15(18)12(6-10-2-1-5-16-8-10)11-3-4-13-14(7-11)20-9-19-13/h1-5,7-8,12H,6,9H2,(H,17,18). The van der Waals surface area contributed by atoms with E-state index in [1.54, 1.807) is 36.7 Å². The van der Waals surface area contributed by atoms with E-state index in [9.17, 15) is 9.90 Å². The summed E-state index contributed by atoms with van der Waals surface area (Å²) in [6, 6.07) is 8.92. The van der Waals surface area contributed by atoms with Crippen molar-refractivity contribution in [1.82, 2.24) is 4.98 Å². The van der Waals surface area contributed by atoms with E-state index in [0.29, 0.717) is 23.5 Å². The van der Waals surface area contributed by atoms with Crippen LogP contribution in [0.5, 0.6) is 11.5 Å². The Hall–Kier alpha value is -2.56. The number of hydrogen-bond donors (Lipinski definition) is 1. The van der Waals surface area contributed by atoms with Gasteiger partial charge in [0.25, 0.3) is 0 Å². The van der Waals surface area contributed by atoms with Crippen molar-refractivity contribution in [3.05, 3.63) is 53.9 Å². The monoisotopic (exact) mass is 271 g/mol. The van der Waals surface area contributed by atoms with E-state index in [1.165, 1.54) is 0 Å². The molecule has 0 radical (unpaired) electrons. The molecule has 1 aliphatic rings. The number of aromatic nitrogens is 1. The molecule has 2 heterocycles. The highest BCUT2D eigenvalue weighted by atomic mass is 16.7. The van der Waals surface area contributed by atoms with Crippen molar-refractivity contribution in [2.75, 3.05) is 6.79 Å². The molecule has 0 aliphatic carbocycles. The van der Waals surface area contributed by atoms with Crippen LogP contribution in [-0.4, -0.2) is 22.9 Å². The summed E-state index contributed by atoms with van der Waals surface area (Å²) in [7, 11) is 0. The van der Waals surface area contributed by atoms with Gasteiger partial charge in [-0.05, 0) is 35.7 Å². The third-order valence-electron chi connectivity index (χ3n) is 3.26.